The summed E-state index contributed by atoms with van der Waals surface area (Å²) in [7, 11) is 0. The third-order valence-electron chi connectivity index (χ3n) is 11.7. The van der Waals surface area contributed by atoms with E-state index >= 15 is 0 Å². The van der Waals surface area contributed by atoms with Crippen molar-refractivity contribution in [1.29, 1.82) is 5.26 Å². The molecular formula is C50H52N10S6. The summed E-state index contributed by atoms with van der Waals surface area (Å²) in [6.07, 6.45) is 3.03. The molecule has 16 heteroatoms. The minimum absolute atomic E-state index is 0.277. The van der Waals surface area contributed by atoms with Crippen LogP contribution in [0.5, 0.6) is 0 Å². The van der Waals surface area contributed by atoms with Crippen molar-refractivity contribution in [3.05, 3.63) is 105 Å². The maximum atomic E-state index is 10.8. The zero-order valence-corrected chi connectivity index (χ0v) is 43.9. The van der Waals surface area contributed by atoms with Crippen molar-refractivity contribution in [3.63, 3.8) is 0 Å². The van der Waals surface area contributed by atoms with Crippen molar-refractivity contribution in [2.45, 2.75) is 120 Å². The molecule has 4 aromatic carbocycles. The number of nitrogens with zero attached hydrogens (tertiary/aromatic N) is 9. The maximum Gasteiger partial charge on any atom is 0.213 e. The number of hydrogen-bond donors (Lipinski definition) is 5. The number of thiazole rings is 2. The van der Waals surface area contributed by atoms with Gasteiger partial charge in [0.1, 0.15) is 23.1 Å². The van der Waals surface area contributed by atoms with E-state index < -0.39 is 5.41 Å². The molecule has 0 saturated carbocycles. The monoisotopic (exact) mass is 984 g/mol. The van der Waals surface area contributed by atoms with E-state index in [1.807, 2.05) is 64.1 Å². The summed E-state index contributed by atoms with van der Waals surface area (Å²) in [5, 5.41) is 30.9. The fourth-order valence-electron chi connectivity index (χ4n) is 8.31. The lowest BCUT2D eigenvalue weighted by Crippen LogP contribution is -2.17. The van der Waals surface area contributed by atoms with Gasteiger partial charge < -0.3 is 5.32 Å². The van der Waals surface area contributed by atoms with E-state index in [0.717, 1.165) is 121 Å². The Labute approximate surface area is 416 Å². The van der Waals surface area contributed by atoms with Gasteiger partial charge in [-0.3, -0.25) is 4.90 Å². The number of azo groups is 1. The Morgan fingerprint density at radius 1 is 0.727 bits per heavy atom. The van der Waals surface area contributed by atoms with Gasteiger partial charge in [-0.15, -0.1) is 60.7 Å². The molecule has 0 amide bonds. The number of nitriles is 1. The molecule has 0 unspecified atom stereocenters. The minimum Gasteiger partial charge on any atom is -0.338 e. The third kappa shape index (κ3) is 8.86. The molecule has 0 bridgehead atoms. The van der Waals surface area contributed by atoms with Gasteiger partial charge in [-0.25, -0.2) is 15.0 Å². The van der Waals surface area contributed by atoms with Crippen LogP contribution < -0.4 is 10.2 Å². The number of fused-ring (bicyclic) bond motifs is 2. The summed E-state index contributed by atoms with van der Waals surface area (Å²) in [6.45, 7) is 21.0. The van der Waals surface area contributed by atoms with Crippen LogP contribution in [-0.2, 0) is 31.1 Å². The third-order valence-corrected chi connectivity index (χ3v) is 15.5. The first kappa shape index (κ1) is 47.6. The highest BCUT2D eigenvalue weighted by atomic mass is 32.1. The predicted octanol–water partition coefficient (Wildman–Crippen LogP) is 15.6. The van der Waals surface area contributed by atoms with Crippen molar-refractivity contribution < 1.29 is 0 Å². The summed E-state index contributed by atoms with van der Waals surface area (Å²) in [5.74, 6) is 1.40. The summed E-state index contributed by atoms with van der Waals surface area (Å²) in [6, 6.07) is 20.7. The zero-order valence-electron chi connectivity index (χ0n) is 38.7. The van der Waals surface area contributed by atoms with Crippen LogP contribution in [0.15, 0.2) is 84.4 Å². The highest BCUT2D eigenvalue weighted by Crippen LogP contribution is 2.48. The van der Waals surface area contributed by atoms with E-state index in [9.17, 15) is 5.26 Å². The van der Waals surface area contributed by atoms with E-state index in [1.54, 1.807) is 16.0 Å². The lowest BCUT2D eigenvalue weighted by molar-refractivity contribution is 0.559. The normalized spacial score (nSPS) is 12.0. The molecule has 10 nitrogen and oxygen atoms in total. The van der Waals surface area contributed by atoms with Crippen molar-refractivity contribution in [2.24, 2.45) is 10.2 Å². The molecule has 0 fully saturated rings. The Morgan fingerprint density at radius 3 is 1.94 bits per heavy atom. The minimum atomic E-state index is -0.486. The number of anilines is 5. The number of aromatic nitrogens is 5. The maximum absolute atomic E-state index is 10.8. The molecule has 8 rings (SSSR count). The summed E-state index contributed by atoms with van der Waals surface area (Å²) < 4.78 is 3.59. The van der Waals surface area contributed by atoms with E-state index in [2.05, 4.69) is 101 Å². The van der Waals surface area contributed by atoms with E-state index in [1.165, 1.54) is 11.3 Å². The second-order valence-corrected chi connectivity index (χ2v) is 21.2. The van der Waals surface area contributed by atoms with Gasteiger partial charge in [0, 0.05) is 30.7 Å². The van der Waals surface area contributed by atoms with Gasteiger partial charge in [-0.05, 0) is 128 Å². The van der Waals surface area contributed by atoms with E-state index in [-0.39, 0.29) is 5.82 Å². The van der Waals surface area contributed by atoms with Crippen LogP contribution in [0.2, 0.25) is 0 Å². The number of thiol groups is 4. The van der Waals surface area contributed by atoms with Crippen molar-refractivity contribution in [3.8, 4) is 11.2 Å². The summed E-state index contributed by atoms with van der Waals surface area (Å²) in [4.78, 5) is 21.5. The van der Waals surface area contributed by atoms with Crippen LogP contribution in [0, 0.1) is 32.1 Å². The number of nitrogens with one attached hydrogen (secondary N) is 1. The molecule has 1 N–H and O–H groups in total. The predicted molar refractivity (Wildman–Crippen MR) is 287 cm³/mol. The SMILES string of the molecule is CCc1cc(C)c(S)c(CC)c1Nc1nc(N(c2nc3ccc(S)cc3s2)c2c(CC)cc(C)c(S)c2CC)cc(C)c1N=Nc1c(C#N)c(C(C)(C)C)nn1-c1nc2ccc(S)cc2s1. The second-order valence-electron chi connectivity index (χ2n) is 17.3. The first-order valence-electron chi connectivity index (χ1n) is 21.9. The van der Waals surface area contributed by atoms with Gasteiger partial charge in [0.15, 0.2) is 16.8 Å². The first-order valence-corrected chi connectivity index (χ1v) is 25.3. The van der Waals surface area contributed by atoms with Crippen molar-refractivity contribution in [1.82, 2.24) is 24.7 Å². The van der Waals surface area contributed by atoms with Gasteiger partial charge >= 0.3 is 0 Å². The van der Waals surface area contributed by atoms with E-state index in [4.69, 9.17) is 55.5 Å². The lowest BCUT2D eigenvalue weighted by Gasteiger charge is -2.29. The van der Waals surface area contributed by atoms with Gasteiger partial charge in [0.05, 0.1) is 31.8 Å². The molecule has 0 aliphatic carbocycles. The Morgan fingerprint density at radius 2 is 1.33 bits per heavy atom. The smallest absolute Gasteiger partial charge is 0.213 e. The fraction of sp³-hybridized carbons (Fsp3) is 0.300. The van der Waals surface area contributed by atoms with Crippen LogP contribution in [0.1, 0.15) is 98.7 Å². The van der Waals surface area contributed by atoms with Gasteiger partial charge in [0.25, 0.3) is 0 Å². The molecular weight excluding hydrogens is 933 g/mol. The molecule has 66 heavy (non-hydrogen) atoms. The molecule has 4 aromatic heterocycles. The topological polar surface area (TPSA) is 120 Å². The number of aryl methyl sites for hydroxylation is 5. The molecule has 338 valence electrons. The Hall–Kier alpha value is -4.89. The molecule has 0 atom stereocenters. The summed E-state index contributed by atoms with van der Waals surface area (Å²) in [5.41, 5.74) is 12.0. The van der Waals surface area contributed by atoms with Crippen LogP contribution in [-0.4, -0.2) is 24.7 Å². The average molecular weight is 985 g/mol. The fourth-order valence-corrected chi connectivity index (χ4v) is 11.5. The Balaban J connectivity index is 1.42. The number of benzene rings is 4. The van der Waals surface area contributed by atoms with Gasteiger partial charge in [-0.2, -0.15) is 15.0 Å². The second kappa shape index (κ2) is 19.0. The number of pyridine rings is 1. The van der Waals surface area contributed by atoms with Crippen molar-refractivity contribution >= 4 is 133 Å². The Kier molecular flexibility index (Phi) is 13.7. The molecule has 8 aromatic rings. The molecule has 0 saturated heterocycles. The average Bonchev–Trinajstić information content (AvgIpc) is 4.00. The van der Waals surface area contributed by atoms with Crippen LogP contribution >= 0.6 is 73.2 Å². The zero-order chi connectivity index (χ0) is 47.4. The molecule has 0 radical (unpaired) electrons. The van der Waals surface area contributed by atoms with Crippen LogP contribution in [0.25, 0.3) is 25.6 Å². The molecule has 0 aliphatic heterocycles. The number of rotatable bonds is 12. The quantitative estimate of drug-likeness (QED) is 0.0611. The summed E-state index contributed by atoms with van der Waals surface area (Å²) >= 11 is 22.4. The molecule has 0 spiro atoms. The lowest BCUT2D eigenvalue weighted by atomic mass is 9.90. The highest BCUT2D eigenvalue weighted by molar-refractivity contribution is 7.81. The van der Waals surface area contributed by atoms with Crippen LogP contribution in [0.4, 0.5) is 39.6 Å². The largest absolute Gasteiger partial charge is 0.338 e. The highest BCUT2D eigenvalue weighted by Gasteiger charge is 2.31. The molecule has 0 aliphatic rings. The van der Waals surface area contributed by atoms with Gasteiger partial charge in [0.2, 0.25) is 5.13 Å². The standard InChI is InChI=1S/C50H52N10S6/c1-11-28-19-26(6)43(63)32(13-3)41(28)55-46-40(56-57-47-34(24-51)45(50(8,9)10)58-60(47)49-53-36-18-16-31(62)23-38(36)66-49)25(5)21-39(54-46)59(48-52-35-17-15-30(61)22-37(35)65-48)42-29(12-2)20-27(7)44(64)33(42)14-4/h15-23,61-64H,11-14H2,1-10H3,(H,54,55). The van der Waals surface area contributed by atoms with Crippen molar-refractivity contribution in [2.75, 3.05) is 10.2 Å². The van der Waals surface area contributed by atoms with Gasteiger partial charge in [-0.1, -0.05) is 83.3 Å². The molecule has 4 heterocycles. The first-order chi connectivity index (χ1) is 31.5. The Bertz CT molecular complexity index is 3280. The van der Waals surface area contributed by atoms with Crippen LogP contribution in [0.3, 0.4) is 0 Å². The number of hydrogen-bond acceptors (Lipinski definition) is 15. The van der Waals surface area contributed by atoms with E-state index in [0.29, 0.717) is 33.7 Å².